The van der Waals surface area contributed by atoms with Gasteiger partial charge in [0, 0.05) is 36.5 Å². The first-order valence-corrected chi connectivity index (χ1v) is 13.0. The summed E-state index contributed by atoms with van der Waals surface area (Å²) in [4.78, 5) is 11.5. The van der Waals surface area contributed by atoms with Crippen LogP contribution in [0, 0.1) is 6.92 Å². The number of nitrogens with zero attached hydrogens (tertiary/aromatic N) is 2. The molecule has 4 heteroatoms. The maximum atomic E-state index is 5.03. The highest BCUT2D eigenvalue weighted by molar-refractivity contribution is 5.81. The van der Waals surface area contributed by atoms with Gasteiger partial charge < -0.3 is 9.72 Å². The Hall–Kier alpha value is -3.66. The summed E-state index contributed by atoms with van der Waals surface area (Å²) >= 11 is 0. The lowest BCUT2D eigenvalue weighted by molar-refractivity contribution is 0.393. The number of hydrogen-bond acceptors (Lipinski definition) is 3. The summed E-state index contributed by atoms with van der Waals surface area (Å²) in [7, 11) is 1.64. The van der Waals surface area contributed by atoms with Gasteiger partial charge in [-0.3, -0.25) is 4.98 Å². The number of ether oxygens (including phenoxy) is 1. The van der Waals surface area contributed by atoms with Crippen molar-refractivity contribution in [1.29, 1.82) is 0 Å². The number of aryl methyl sites for hydroxylation is 3. The number of benzene rings is 2. The van der Waals surface area contributed by atoms with Crippen molar-refractivity contribution in [1.82, 2.24) is 15.0 Å². The molecule has 0 radical (unpaired) electrons. The molecule has 0 saturated heterocycles. The molecule has 2 aromatic carbocycles. The van der Waals surface area contributed by atoms with Gasteiger partial charge in [0.1, 0.15) is 0 Å². The van der Waals surface area contributed by atoms with Crippen LogP contribution < -0.4 is 4.74 Å². The second-order valence-corrected chi connectivity index (χ2v) is 7.42. The molecule has 1 N–H and O–H groups in total. The molecular formula is C32H45N3O. The predicted molar refractivity (Wildman–Crippen MR) is 159 cm³/mol. The number of aromatic amines is 1. The van der Waals surface area contributed by atoms with Crippen molar-refractivity contribution in [3.8, 4) is 5.88 Å². The number of pyridine rings is 2. The van der Waals surface area contributed by atoms with Crippen LogP contribution >= 0.6 is 0 Å². The Bertz CT molecular complexity index is 1240. The highest BCUT2D eigenvalue weighted by Gasteiger charge is 1.97. The fourth-order valence-corrected chi connectivity index (χ4v) is 3.45. The molecule has 0 atom stereocenters. The van der Waals surface area contributed by atoms with Gasteiger partial charge in [0.25, 0.3) is 0 Å². The lowest BCUT2D eigenvalue weighted by Gasteiger charge is -2.02. The summed E-state index contributed by atoms with van der Waals surface area (Å²) in [5.74, 6) is 0.741. The summed E-state index contributed by atoms with van der Waals surface area (Å²) in [6, 6.07) is 22.8. The molecule has 0 fully saturated rings. The number of nitrogens with one attached hydrogen (secondary N) is 1. The van der Waals surface area contributed by atoms with Gasteiger partial charge >= 0.3 is 0 Å². The number of aromatic nitrogens is 3. The Morgan fingerprint density at radius 2 is 1.53 bits per heavy atom. The maximum Gasteiger partial charge on any atom is 0.216 e. The van der Waals surface area contributed by atoms with Gasteiger partial charge in [-0.05, 0) is 66.6 Å². The molecule has 0 aliphatic carbocycles. The Balaban J connectivity index is 0.000000486. The minimum Gasteiger partial charge on any atom is -0.481 e. The highest BCUT2D eigenvalue weighted by Crippen LogP contribution is 2.15. The van der Waals surface area contributed by atoms with E-state index in [-0.39, 0.29) is 1.43 Å². The van der Waals surface area contributed by atoms with E-state index in [1.807, 2.05) is 70.4 Å². The van der Waals surface area contributed by atoms with Crippen molar-refractivity contribution in [3.05, 3.63) is 102 Å². The molecule has 3 aromatic heterocycles. The minimum absolute atomic E-state index is 0. The van der Waals surface area contributed by atoms with Gasteiger partial charge in [-0.2, -0.15) is 0 Å². The van der Waals surface area contributed by atoms with Gasteiger partial charge in [-0.15, -0.1) is 0 Å². The third-order valence-electron chi connectivity index (χ3n) is 5.32. The number of rotatable bonds is 3. The van der Waals surface area contributed by atoms with E-state index < -0.39 is 0 Å². The van der Waals surface area contributed by atoms with Gasteiger partial charge in [0.05, 0.1) is 12.6 Å². The molecule has 0 aliphatic heterocycles. The van der Waals surface area contributed by atoms with Crippen LogP contribution in [0.5, 0.6) is 5.88 Å². The lowest BCUT2D eigenvalue weighted by Crippen LogP contribution is -1.91. The Labute approximate surface area is 219 Å². The summed E-state index contributed by atoms with van der Waals surface area (Å²) < 4.78 is 5.03. The van der Waals surface area contributed by atoms with Crippen LogP contribution in [0.15, 0.2) is 85.3 Å². The quantitative estimate of drug-likeness (QED) is 0.276. The first kappa shape index (κ1) is 30.4. The molecule has 5 rings (SSSR count). The molecule has 0 saturated carbocycles. The van der Waals surface area contributed by atoms with E-state index in [1.165, 1.54) is 27.4 Å². The molecule has 0 unspecified atom stereocenters. The van der Waals surface area contributed by atoms with Crippen LogP contribution in [0.1, 0.15) is 59.7 Å². The van der Waals surface area contributed by atoms with E-state index in [9.17, 15) is 0 Å². The number of hydrogen-bond donors (Lipinski definition) is 1. The van der Waals surface area contributed by atoms with Gasteiger partial charge in [-0.25, -0.2) is 4.98 Å². The third-order valence-corrected chi connectivity index (χ3v) is 5.32. The van der Waals surface area contributed by atoms with Crippen molar-refractivity contribution in [2.75, 3.05) is 7.11 Å². The summed E-state index contributed by atoms with van der Waals surface area (Å²) in [6.45, 7) is 14.4. The van der Waals surface area contributed by atoms with Crippen molar-refractivity contribution >= 4 is 21.8 Å². The molecule has 0 aliphatic rings. The van der Waals surface area contributed by atoms with Crippen molar-refractivity contribution < 1.29 is 6.16 Å². The zero-order valence-corrected chi connectivity index (χ0v) is 23.3. The normalized spacial score (nSPS) is 9.33. The number of fused-ring (bicyclic) bond motifs is 2. The van der Waals surface area contributed by atoms with E-state index in [1.54, 1.807) is 13.3 Å². The lowest BCUT2D eigenvalue weighted by atomic mass is 10.1. The monoisotopic (exact) mass is 487 g/mol. The van der Waals surface area contributed by atoms with Crippen LogP contribution in [-0.4, -0.2) is 22.1 Å². The molecule has 0 bridgehead atoms. The molecule has 0 spiro atoms. The van der Waals surface area contributed by atoms with E-state index in [0.717, 1.165) is 29.8 Å². The number of methoxy groups -OCH3 is 1. The Morgan fingerprint density at radius 1 is 0.806 bits per heavy atom. The van der Waals surface area contributed by atoms with E-state index in [0.29, 0.717) is 0 Å². The van der Waals surface area contributed by atoms with Gasteiger partial charge in [0.15, 0.2) is 0 Å². The molecule has 5 aromatic rings. The van der Waals surface area contributed by atoms with Gasteiger partial charge in [-0.1, -0.05) is 77.9 Å². The molecule has 36 heavy (non-hydrogen) atoms. The first-order valence-electron chi connectivity index (χ1n) is 13.0. The van der Waals surface area contributed by atoms with E-state index >= 15 is 0 Å². The zero-order valence-electron chi connectivity index (χ0n) is 23.3. The summed E-state index contributed by atoms with van der Waals surface area (Å²) in [6.07, 6.45) is 7.61. The van der Waals surface area contributed by atoms with Crippen LogP contribution in [-0.2, 0) is 12.8 Å². The summed E-state index contributed by atoms with van der Waals surface area (Å²) in [5.41, 5.74) is 6.15. The zero-order chi connectivity index (χ0) is 26.8. The predicted octanol–water partition coefficient (Wildman–Crippen LogP) is 9.22. The Kier molecular flexibility index (Phi) is 15.0. The Morgan fingerprint density at radius 3 is 2.17 bits per heavy atom. The van der Waals surface area contributed by atoms with Crippen LogP contribution in [0.4, 0.5) is 0 Å². The molecule has 0 amide bonds. The van der Waals surface area contributed by atoms with Crippen molar-refractivity contribution in [2.24, 2.45) is 0 Å². The van der Waals surface area contributed by atoms with Crippen LogP contribution in [0.2, 0.25) is 0 Å². The summed E-state index contributed by atoms with van der Waals surface area (Å²) in [5, 5.41) is 2.54. The van der Waals surface area contributed by atoms with Crippen molar-refractivity contribution in [3.63, 3.8) is 0 Å². The molecular weight excluding hydrogens is 442 g/mol. The minimum atomic E-state index is 0. The third kappa shape index (κ3) is 9.18. The average Bonchev–Trinajstić information content (AvgIpc) is 3.44. The smallest absolute Gasteiger partial charge is 0.216 e. The standard InChI is InChI=1S/C10H9N.C10H11N.C8H11NO.2C2H6.H2/c1-8-4-2-6-10-9(8)5-3-7-11-10;1-2-8-3-4-9-5-6-11-10(9)7-8;1-3-7-5-4-6-9-8(7)10-2;2*1-2;/h2-7H,1H3;3-7,11H,2H2,1H3;4-6H,3H2,1-2H3;2*1-2H3;1H. The van der Waals surface area contributed by atoms with E-state index in [2.05, 4.69) is 72.1 Å². The van der Waals surface area contributed by atoms with Crippen molar-refractivity contribution in [2.45, 2.75) is 61.3 Å². The fourth-order valence-electron chi connectivity index (χ4n) is 3.45. The second-order valence-electron chi connectivity index (χ2n) is 7.42. The van der Waals surface area contributed by atoms with Crippen LogP contribution in [0.3, 0.4) is 0 Å². The second kappa shape index (κ2) is 17.7. The highest BCUT2D eigenvalue weighted by atomic mass is 16.5. The topological polar surface area (TPSA) is 50.8 Å². The van der Waals surface area contributed by atoms with E-state index in [4.69, 9.17) is 4.74 Å². The first-order chi connectivity index (χ1) is 17.7. The SMILES string of the molecule is CC.CC.CCc1ccc2cc[nH]c2c1.CCc1cccnc1OC.Cc1cccc2ncccc12.[HH]. The number of H-pyrrole nitrogens is 1. The fraction of sp³-hybridized carbons (Fsp3) is 0.312. The molecule has 194 valence electrons. The molecule has 4 nitrogen and oxygen atoms in total. The van der Waals surface area contributed by atoms with Gasteiger partial charge in [0.2, 0.25) is 5.88 Å². The average molecular weight is 488 g/mol. The van der Waals surface area contributed by atoms with Crippen LogP contribution in [0.25, 0.3) is 21.8 Å². The maximum absolute atomic E-state index is 5.03. The molecule has 3 heterocycles. The largest absolute Gasteiger partial charge is 0.481 e.